The van der Waals surface area contributed by atoms with Crippen molar-refractivity contribution < 1.29 is 4.39 Å². The zero-order valence-corrected chi connectivity index (χ0v) is 18.0. The molecule has 0 saturated carbocycles. The maximum atomic E-state index is 13.3. The van der Waals surface area contributed by atoms with Crippen molar-refractivity contribution in [1.29, 1.82) is 0 Å². The van der Waals surface area contributed by atoms with Crippen LogP contribution in [0.5, 0.6) is 0 Å². The number of nitrogens with zero attached hydrogens (tertiary/aromatic N) is 4. The summed E-state index contributed by atoms with van der Waals surface area (Å²) in [7, 11) is 5.93. The maximum Gasteiger partial charge on any atom is 0.193 e. The molecule has 0 amide bonds. The van der Waals surface area contributed by atoms with Crippen LogP contribution >= 0.6 is 24.0 Å². The first-order valence-electron chi connectivity index (χ1n) is 8.58. The summed E-state index contributed by atoms with van der Waals surface area (Å²) in [4.78, 5) is 11.2. The fourth-order valence-corrected chi connectivity index (χ4v) is 3.00. The summed E-state index contributed by atoms with van der Waals surface area (Å²) in [6.45, 7) is 8.19. The molecule has 1 saturated heterocycles. The molecule has 1 N–H and O–H groups in total. The third kappa shape index (κ3) is 7.07. The smallest absolute Gasteiger partial charge is 0.193 e. The molecule has 142 valence electrons. The van der Waals surface area contributed by atoms with Gasteiger partial charge in [0.2, 0.25) is 0 Å². The number of rotatable bonds is 5. The second kappa shape index (κ2) is 10.9. The summed E-state index contributed by atoms with van der Waals surface area (Å²) < 4.78 is 13.3. The van der Waals surface area contributed by atoms with Gasteiger partial charge in [0.25, 0.3) is 0 Å². The van der Waals surface area contributed by atoms with Crippen molar-refractivity contribution in [3.05, 3.63) is 35.6 Å². The number of halogens is 2. The van der Waals surface area contributed by atoms with Gasteiger partial charge < -0.3 is 15.1 Å². The van der Waals surface area contributed by atoms with Gasteiger partial charge in [0.05, 0.1) is 0 Å². The van der Waals surface area contributed by atoms with Crippen molar-refractivity contribution in [2.75, 3.05) is 53.9 Å². The highest BCUT2D eigenvalue weighted by Crippen LogP contribution is 2.07. The lowest BCUT2D eigenvalue weighted by Crippen LogP contribution is -2.52. The normalized spacial score (nSPS) is 17.7. The van der Waals surface area contributed by atoms with Gasteiger partial charge in [-0.3, -0.25) is 9.89 Å². The molecule has 0 aliphatic carbocycles. The van der Waals surface area contributed by atoms with Gasteiger partial charge >= 0.3 is 0 Å². The van der Waals surface area contributed by atoms with Gasteiger partial charge in [-0.25, -0.2) is 4.39 Å². The Morgan fingerprint density at radius 3 is 2.60 bits per heavy atom. The lowest BCUT2D eigenvalue weighted by Gasteiger charge is -2.37. The van der Waals surface area contributed by atoms with E-state index in [1.165, 1.54) is 6.07 Å². The molecule has 0 aromatic heterocycles. The summed E-state index contributed by atoms with van der Waals surface area (Å²) in [5.41, 5.74) is 0.938. The van der Waals surface area contributed by atoms with Crippen molar-refractivity contribution >= 4 is 29.9 Å². The standard InChI is InChI=1S/C18H30FN5.HI/c1-15(24-10-8-22(3)9-11-24)13-21-18(20-2)23(4)14-16-6-5-7-17(19)12-16;/h5-7,12,15H,8-11,13-14H2,1-4H3,(H,20,21);1H. The first-order valence-corrected chi connectivity index (χ1v) is 8.58. The fourth-order valence-electron chi connectivity index (χ4n) is 3.00. The van der Waals surface area contributed by atoms with Crippen LogP contribution < -0.4 is 5.32 Å². The highest BCUT2D eigenvalue weighted by Gasteiger charge is 2.19. The molecule has 1 heterocycles. The Kier molecular flexibility index (Phi) is 9.66. The molecular formula is C18H31FIN5. The fraction of sp³-hybridized carbons (Fsp3) is 0.611. The second-order valence-electron chi connectivity index (χ2n) is 6.60. The van der Waals surface area contributed by atoms with E-state index in [-0.39, 0.29) is 29.8 Å². The molecular weight excluding hydrogens is 432 g/mol. The number of hydrogen-bond acceptors (Lipinski definition) is 3. The van der Waals surface area contributed by atoms with Gasteiger partial charge in [-0.15, -0.1) is 24.0 Å². The van der Waals surface area contributed by atoms with Gasteiger partial charge in [0, 0.05) is 59.4 Å². The van der Waals surface area contributed by atoms with Crippen LogP contribution in [-0.2, 0) is 6.54 Å². The van der Waals surface area contributed by atoms with Gasteiger partial charge in [-0.1, -0.05) is 12.1 Å². The Hall–Kier alpha value is -0.930. The topological polar surface area (TPSA) is 34.1 Å². The molecule has 1 aliphatic heterocycles. The predicted octanol–water partition coefficient (Wildman–Crippen LogP) is 2.09. The zero-order valence-electron chi connectivity index (χ0n) is 15.7. The van der Waals surface area contributed by atoms with Crippen LogP contribution in [0, 0.1) is 5.82 Å². The minimum Gasteiger partial charge on any atom is -0.355 e. The van der Waals surface area contributed by atoms with Crippen molar-refractivity contribution in [1.82, 2.24) is 20.0 Å². The number of benzene rings is 1. The Balaban J connectivity index is 0.00000312. The number of piperazine rings is 1. The molecule has 1 fully saturated rings. The average molecular weight is 463 g/mol. The first kappa shape index (κ1) is 22.1. The van der Waals surface area contributed by atoms with Crippen LogP contribution in [0.3, 0.4) is 0 Å². The molecule has 1 atom stereocenters. The Morgan fingerprint density at radius 2 is 2.00 bits per heavy atom. The van der Waals surface area contributed by atoms with Crippen molar-refractivity contribution in [2.45, 2.75) is 19.5 Å². The van der Waals surface area contributed by atoms with Crippen LogP contribution in [0.4, 0.5) is 4.39 Å². The van der Waals surface area contributed by atoms with Gasteiger partial charge in [0.1, 0.15) is 5.82 Å². The third-order valence-electron chi connectivity index (χ3n) is 4.60. The molecule has 1 aliphatic rings. The number of aliphatic imine (C=N–C) groups is 1. The van der Waals surface area contributed by atoms with Crippen molar-refractivity contribution in [3.8, 4) is 0 Å². The van der Waals surface area contributed by atoms with Crippen molar-refractivity contribution in [2.24, 2.45) is 4.99 Å². The van der Waals surface area contributed by atoms with Crippen LogP contribution in [0.2, 0.25) is 0 Å². The lowest BCUT2D eigenvalue weighted by atomic mass is 10.2. The van der Waals surface area contributed by atoms with E-state index < -0.39 is 0 Å². The molecule has 0 radical (unpaired) electrons. The van der Waals surface area contributed by atoms with E-state index in [4.69, 9.17) is 0 Å². The van der Waals surface area contributed by atoms with E-state index in [2.05, 4.69) is 34.1 Å². The summed E-state index contributed by atoms with van der Waals surface area (Å²) in [6, 6.07) is 7.16. The SMILES string of the molecule is CN=C(NCC(C)N1CCN(C)CC1)N(C)Cc1cccc(F)c1.I. The molecule has 5 nitrogen and oxygen atoms in total. The summed E-state index contributed by atoms with van der Waals surface area (Å²) >= 11 is 0. The number of hydrogen-bond donors (Lipinski definition) is 1. The summed E-state index contributed by atoms with van der Waals surface area (Å²) in [6.07, 6.45) is 0. The molecule has 0 spiro atoms. The summed E-state index contributed by atoms with van der Waals surface area (Å²) in [5.74, 6) is 0.632. The number of nitrogens with one attached hydrogen (secondary N) is 1. The zero-order chi connectivity index (χ0) is 17.5. The highest BCUT2D eigenvalue weighted by molar-refractivity contribution is 14.0. The van der Waals surface area contributed by atoms with E-state index >= 15 is 0 Å². The van der Waals surface area contributed by atoms with E-state index in [9.17, 15) is 4.39 Å². The number of likely N-dealkylation sites (N-methyl/N-ethyl adjacent to an activating group) is 1. The van der Waals surface area contributed by atoms with Crippen LogP contribution in [0.15, 0.2) is 29.3 Å². The van der Waals surface area contributed by atoms with E-state index in [1.807, 2.05) is 18.0 Å². The van der Waals surface area contributed by atoms with Gasteiger partial charge in [0.15, 0.2) is 5.96 Å². The summed E-state index contributed by atoms with van der Waals surface area (Å²) in [5, 5.41) is 3.44. The molecule has 2 rings (SSSR count). The van der Waals surface area contributed by atoms with Gasteiger partial charge in [-0.2, -0.15) is 0 Å². The number of guanidine groups is 1. The Bertz CT molecular complexity index is 546. The molecule has 1 unspecified atom stereocenters. The minimum absolute atomic E-state index is 0. The van der Waals surface area contributed by atoms with Crippen LogP contribution in [0.1, 0.15) is 12.5 Å². The van der Waals surface area contributed by atoms with Crippen LogP contribution in [0.25, 0.3) is 0 Å². The monoisotopic (exact) mass is 463 g/mol. The van der Waals surface area contributed by atoms with E-state index in [0.29, 0.717) is 12.6 Å². The maximum absolute atomic E-state index is 13.3. The predicted molar refractivity (Wildman–Crippen MR) is 113 cm³/mol. The lowest BCUT2D eigenvalue weighted by molar-refractivity contribution is 0.119. The second-order valence-corrected chi connectivity index (χ2v) is 6.60. The molecule has 0 bridgehead atoms. The van der Waals surface area contributed by atoms with Gasteiger partial charge in [-0.05, 0) is 31.7 Å². The molecule has 1 aromatic carbocycles. The van der Waals surface area contributed by atoms with E-state index in [0.717, 1.165) is 44.2 Å². The molecule has 25 heavy (non-hydrogen) atoms. The quantitative estimate of drug-likeness (QED) is 0.412. The Labute approximate surface area is 168 Å². The third-order valence-corrected chi connectivity index (χ3v) is 4.60. The largest absolute Gasteiger partial charge is 0.355 e. The molecule has 1 aromatic rings. The van der Waals surface area contributed by atoms with E-state index in [1.54, 1.807) is 19.2 Å². The van der Waals surface area contributed by atoms with Crippen LogP contribution in [-0.4, -0.2) is 80.6 Å². The minimum atomic E-state index is -0.201. The highest BCUT2D eigenvalue weighted by atomic mass is 127. The van der Waals surface area contributed by atoms with Crippen molar-refractivity contribution in [3.63, 3.8) is 0 Å². The first-order chi connectivity index (χ1) is 11.5. The average Bonchev–Trinajstić information content (AvgIpc) is 2.56. The molecule has 7 heteroatoms. The Morgan fingerprint density at radius 1 is 1.32 bits per heavy atom.